The Morgan fingerprint density at radius 2 is 1.97 bits per heavy atom. The van der Waals surface area contributed by atoms with Crippen LogP contribution in [0.25, 0.3) is 11.0 Å². The van der Waals surface area contributed by atoms with Crippen molar-refractivity contribution in [1.82, 2.24) is 30.0 Å². The van der Waals surface area contributed by atoms with Crippen LogP contribution in [0.1, 0.15) is 0 Å². The molecule has 0 saturated carbocycles. The number of benzene rings is 1. The van der Waals surface area contributed by atoms with Gasteiger partial charge >= 0.3 is 0 Å². The molecule has 3 aromatic rings. The summed E-state index contributed by atoms with van der Waals surface area (Å²) in [5.41, 5.74) is 1.98. The normalized spacial score (nSPS) is 14.5. The van der Waals surface area contributed by atoms with Gasteiger partial charge in [-0.1, -0.05) is 17.7 Å². The third kappa shape index (κ3) is 5.48. The van der Waals surface area contributed by atoms with Crippen molar-refractivity contribution < 1.29 is 0 Å². The van der Waals surface area contributed by atoms with Crippen LogP contribution in [0.15, 0.2) is 41.8 Å². The second-order valence-electron chi connectivity index (χ2n) is 7.08. The molecule has 31 heavy (non-hydrogen) atoms. The molecule has 2 N–H and O–H groups in total. The quantitative estimate of drug-likeness (QED) is 0.216. The van der Waals surface area contributed by atoms with Gasteiger partial charge in [-0.3, -0.25) is 9.67 Å². The minimum Gasteiger partial charge on any atom is -0.368 e. The molecule has 2 aromatic heterocycles. The van der Waals surface area contributed by atoms with E-state index in [9.17, 15) is 0 Å². The number of aromatic nitrogens is 4. The van der Waals surface area contributed by atoms with E-state index in [4.69, 9.17) is 11.6 Å². The van der Waals surface area contributed by atoms with Gasteiger partial charge in [0.1, 0.15) is 12.1 Å². The molecule has 0 bridgehead atoms. The molecule has 0 aliphatic carbocycles. The molecule has 0 amide bonds. The summed E-state index contributed by atoms with van der Waals surface area (Å²) in [6, 6.07) is 8.02. The maximum absolute atomic E-state index is 6.13. The fourth-order valence-electron chi connectivity index (χ4n) is 3.64. The molecule has 0 spiro atoms. The van der Waals surface area contributed by atoms with E-state index in [1.165, 1.54) is 5.69 Å². The zero-order valence-electron chi connectivity index (χ0n) is 17.6. The first-order chi connectivity index (χ1) is 14.7. The molecule has 1 aliphatic heterocycles. The SMILES string of the molecule is CN=C(NCCNc1ncnc2c1cnn2C)N1CCN(c2cccc(Cl)c2)CC1.I. The molecule has 9 nitrogen and oxygen atoms in total. The molecule has 0 radical (unpaired) electrons. The zero-order valence-corrected chi connectivity index (χ0v) is 20.7. The third-order valence-corrected chi connectivity index (χ3v) is 5.43. The lowest BCUT2D eigenvalue weighted by molar-refractivity contribution is 0.373. The van der Waals surface area contributed by atoms with Gasteiger partial charge in [0.15, 0.2) is 11.6 Å². The van der Waals surface area contributed by atoms with Crippen LogP contribution in [-0.2, 0) is 7.05 Å². The maximum Gasteiger partial charge on any atom is 0.193 e. The minimum absolute atomic E-state index is 0. The van der Waals surface area contributed by atoms with Crippen molar-refractivity contribution in [3.05, 3.63) is 41.8 Å². The summed E-state index contributed by atoms with van der Waals surface area (Å²) in [6.07, 6.45) is 3.33. The van der Waals surface area contributed by atoms with E-state index >= 15 is 0 Å². The van der Waals surface area contributed by atoms with Crippen LogP contribution < -0.4 is 15.5 Å². The number of aryl methyl sites for hydroxylation is 1. The fourth-order valence-corrected chi connectivity index (χ4v) is 3.82. The van der Waals surface area contributed by atoms with Crippen LogP contribution in [0, 0.1) is 0 Å². The van der Waals surface area contributed by atoms with Crippen molar-refractivity contribution >= 4 is 64.1 Å². The second kappa shape index (κ2) is 10.8. The van der Waals surface area contributed by atoms with Gasteiger partial charge in [-0.05, 0) is 18.2 Å². The molecule has 1 saturated heterocycles. The largest absolute Gasteiger partial charge is 0.368 e. The van der Waals surface area contributed by atoms with E-state index in [0.29, 0.717) is 6.54 Å². The number of guanidine groups is 1. The Morgan fingerprint density at radius 3 is 2.71 bits per heavy atom. The second-order valence-corrected chi connectivity index (χ2v) is 7.52. The van der Waals surface area contributed by atoms with Crippen molar-refractivity contribution in [1.29, 1.82) is 0 Å². The molecule has 3 heterocycles. The summed E-state index contributed by atoms with van der Waals surface area (Å²) in [6.45, 7) is 5.11. The number of aliphatic imine (C=N–C) groups is 1. The molecule has 11 heteroatoms. The van der Waals surface area contributed by atoms with Gasteiger partial charge in [0.05, 0.1) is 11.6 Å². The zero-order chi connectivity index (χ0) is 20.9. The number of halogens is 2. The number of anilines is 2. The Kier molecular flexibility index (Phi) is 8.13. The summed E-state index contributed by atoms with van der Waals surface area (Å²) in [7, 11) is 3.69. The van der Waals surface area contributed by atoms with Crippen molar-refractivity contribution in [2.45, 2.75) is 0 Å². The van der Waals surface area contributed by atoms with E-state index in [1.807, 2.05) is 32.3 Å². The van der Waals surface area contributed by atoms with E-state index in [2.05, 4.69) is 46.6 Å². The third-order valence-electron chi connectivity index (χ3n) is 5.19. The summed E-state index contributed by atoms with van der Waals surface area (Å²) < 4.78 is 1.74. The average molecular weight is 556 g/mol. The highest BCUT2D eigenvalue weighted by atomic mass is 127. The van der Waals surface area contributed by atoms with Crippen molar-refractivity contribution in [2.24, 2.45) is 12.0 Å². The van der Waals surface area contributed by atoms with Crippen LogP contribution in [0.4, 0.5) is 11.5 Å². The van der Waals surface area contributed by atoms with Gasteiger partial charge in [0.25, 0.3) is 0 Å². The average Bonchev–Trinajstić information content (AvgIpc) is 3.16. The predicted octanol–water partition coefficient (Wildman–Crippen LogP) is 2.44. The number of fused-ring (bicyclic) bond motifs is 1. The molecule has 0 unspecified atom stereocenters. The van der Waals surface area contributed by atoms with E-state index in [1.54, 1.807) is 17.2 Å². The molecular weight excluding hydrogens is 529 g/mol. The number of hydrogen-bond acceptors (Lipinski definition) is 6. The van der Waals surface area contributed by atoms with Crippen LogP contribution in [0.2, 0.25) is 5.02 Å². The first-order valence-corrected chi connectivity index (χ1v) is 10.4. The standard InChI is InChI=1S/C20H26ClN9.HI/c1-22-20(30-10-8-29(9-11-30)16-5-3-4-15(21)12-16)24-7-6-23-18-17-13-27-28(2)19(17)26-14-25-18;/h3-5,12-14H,6-11H2,1-2H3,(H,22,24)(H,23,25,26);1H. The van der Waals surface area contributed by atoms with Gasteiger partial charge in [0, 0.05) is 64.1 Å². The van der Waals surface area contributed by atoms with Gasteiger partial charge in [0.2, 0.25) is 0 Å². The minimum atomic E-state index is 0. The Balaban J connectivity index is 0.00000272. The molecular formula is C20H27ClIN9. The van der Waals surface area contributed by atoms with E-state index < -0.39 is 0 Å². The van der Waals surface area contributed by atoms with Crippen LogP contribution in [0.5, 0.6) is 0 Å². The molecule has 1 fully saturated rings. The molecule has 0 atom stereocenters. The summed E-state index contributed by atoms with van der Waals surface area (Å²) in [5, 5.41) is 12.7. The number of piperazine rings is 1. The van der Waals surface area contributed by atoms with Crippen molar-refractivity contribution in [3.8, 4) is 0 Å². The number of hydrogen-bond donors (Lipinski definition) is 2. The van der Waals surface area contributed by atoms with Gasteiger partial charge < -0.3 is 20.4 Å². The molecule has 1 aliphatic rings. The lowest BCUT2D eigenvalue weighted by Crippen LogP contribution is -2.53. The van der Waals surface area contributed by atoms with Gasteiger partial charge in [-0.25, -0.2) is 9.97 Å². The van der Waals surface area contributed by atoms with Gasteiger partial charge in [-0.15, -0.1) is 24.0 Å². The van der Waals surface area contributed by atoms with Crippen molar-refractivity contribution in [2.75, 3.05) is 56.5 Å². The van der Waals surface area contributed by atoms with Crippen LogP contribution in [-0.4, -0.2) is 76.9 Å². The summed E-state index contributed by atoms with van der Waals surface area (Å²) in [5.74, 6) is 1.71. The van der Waals surface area contributed by atoms with Crippen LogP contribution in [0.3, 0.4) is 0 Å². The molecule has 4 rings (SSSR count). The summed E-state index contributed by atoms with van der Waals surface area (Å²) in [4.78, 5) is 17.7. The Labute approximate surface area is 203 Å². The topological polar surface area (TPSA) is 86.5 Å². The lowest BCUT2D eigenvalue weighted by Gasteiger charge is -2.37. The highest BCUT2D eigenvalue weighted by Gasteiger charge is 2.19. The monoisotopic (exact) mass is 555 g/mol. The first kappa shape index (κ1) is 23.3. The Hall–Kier alpha value is -2.34. The van der Waals surface area contributed by atoms with E-state index in [0.717, 1.165) is 60.6 Å². The fraction of sp³-hybridized carbons (Fsp3) is 0.400. The number of rotatable bonds is 5. The molecule has 166 valence electrons. The predicted molar refractivity (Wildman–Crippen MR) is 137 cm³/mol. The number of nitrogens with one attached hydrogen (secondary N) is 2. The highest BCUT2D eigenvalue weighted by molar-refractivity contribution is 14.0. The maximum atomic E-state index is 6.13. The van der Waals surface area contributed by atoms with Gasteiger partial charge in [-0.2, -0.15) is 5.10 Å². The number of nitrogens with zero attached hydrogens (tertiary/aromatic N) is 7. The summed E-state index contributed by atoms with van der Waals surface area (Å²) >= 11 is 6.13. The lowest BCUT2D eigenvalue weighted by atomic mass is 10.2. The van der Waals surface area contributed by atoms with Crippen LogP contribution >= 0.6 is 35.6 Å². The Morgan fingerprint density at radius 1 is 1.16 bits per heavy atom. The highest BCUT2D eigenvalue weighted by Crippen LogP contribution is 2.21. The van der Waals surface area contributed by atoms with E-state index in [-0.39, 0.29) is 24.0 Å². The smallest absolute Gasteiger partial charge is 0.193 e. The first-order valence-electron chi connectivity index (χ1n) is 9.98. The van der Waals surface area contributed by atoms with Crippen molar-refractivity contribution in [3.63, 3.8) is 0 Å². The molecule has 1 aromatic carbocycles. The Bertz CT molecular complexity index is 1030.